The molecule has 1 aliphatic rings. The van der Waals surface area contributed by atoms with Gasteiger partial charge < -0.3 is 4.74 Å². The van der Waals surface area contributed by atoms with Gasteiger partial charge in [0.05, 0.1) is 0 Å². The van der Waals surface area contributed by atoms with Crippen LogP contribution in [-0.4, -0.2) is 15.9 Å². The second-order valence-corrected chi connectivity index (χ2v) is 3.05. The maximum Gasteiger partial charge on any atom is 0.362 e. The highest BCUT2D eigenvalue weighted by Crippen LogP contribution is 2.19. The number of esters is 1. The van der Waals surface area contributed by atoms with E-state index in [1.54, 1.807) is 0 Å². The number of nitrogens with zero attached hydrogens (tertiary/aromatic N) is 2. The lowest BCUT2D eigenvalue weighted by atomic mass is 10.3. The molecule has 1 aliphatic carbocycles. The Morgan fingerprint density at radius 1 is 1.50 bits per heavy atom. The molecule has 0 saturated carbocycles. The van der Waals surface area contributed by atoms with E-state index in [4.69, 9.17) is 4.74 Å². The highest BCUT2D eigenvalue weighted by Gasteiger charge is 2.13. The van der Waals surface area contributed by atoms with Crippen molar-refractivity contribution in [3.63, 3.8) is 0 Å². The molecule has 0 aliphatic heterocycles. The summed E-state index contributed by atoms with van der Waals surface area (Å²) in [6, 6.07) is 1.54. The van der Waals surface area contributed by atoms with Gasteiger partial charge in [0.2, 0.25) is 0 Å². The molecule has 72 valence electrons. The second-order valence-electron chi connectivity index (χ2n) is 3.05. The molecule has 1 heterocycles. The van der Waals surface area contributed by atoms with Crippen molar-refractivity contribution in [2.75, 3.05) is 0 Å². The van der Waals surface area contributed by atoms with Crippen LogP contribution in [0.2, 0.25) is 0 Å². The predicted octanol–water partition coefficient (Wildman–Crippen LogP) is 1.70. The van der Waals surface area contributed by atoms with Gasteiger partial charge in [0.25, 0.3) is 0 Å². The molecule has 1 aromatic heterocycles. The van der Waals surface area contributed by atoms with Crippen molar-refractivity contribution in [3.8, 4) is 0 Å². The fourth-order valence-electron chi connectivity index (χ4n) is 1.32. The smallest absolute Gasteiger partial charge is 0.362 e. The lowest BCUT2D eigenvalue weighted by Crippen LogP contribution is -2.06. The molecule has 4 nitrogen and oxygen atoms in total. The highest BCUT2D eigenvalue weighted by molar-refractivity contribution is 5.87. The van der Waals surface area contributed by atoms with E-state index in [1.165, 1.54) is 18.6 Å². The predicted molar refractivity (Wildman–Crippen MR) is 49.4 cm³/mol. The fraction of sp³-hybridized carbons (Fsp3) is 0.300. The van der Waals surface area contributed by atoms with E-state index in [1.807, 2.05) is 6.08 Å². The Bertz CT molecular complexity index is 360. The van der Waals surface area contributed by atoms with Crippen molar-refractivity contribution in [2.45, 2.75) is 19.3 Å². The lowest BCUT2D eigenvalue weighted by molar-refractivity contribution is 0.0611. The van der Waals surface area contributed by atoms with Crippen molar-refractivity contribution in [1.29, 1.82) is 0 Å². The van der Waals surface area contributed by atoms with Crippen LogP contribution in [0.1, 0.15) is 29.8 Å². The van der Waals surface area contributed by atoms with Crippen molar-refractivity contribution in [2.24, 2.45) is 0 Å². The van der Waals surface area contributed by atoms with Crippen LogP contribution in [-0.2, 0) is 4.74 Å². The molecule has 0 amide bonds. The van der Waals surface area contributed by atoms with E-state index in [-0.39, 0.29) is 0 Å². The average molecular weight is 190 g/mol. The van der Waals surface area contributed by atoms with Crippen molar-refractivity contribution < 1.29 is 9.53 Å². The molecule has 0 radical (unpaired) electrons. The van der Waals surface area contributed by atoms with Crippen LogP contribution in [0.3, 0.4) is 0 Å². The summed E-state index contributed by atoms with van der Waals surface area (Å²) in [6.45, 7) is 0. The topological polar surface area (TPSA) is 52.1 Å². The van der Waals surface area contributed by atoms with Gasteiger partial charge in [-0.15, -0.1) is 0 Å². The van der Waals surface area contributed by atoms with Gasteiger partial charge in [0, 0.05) is 12.6 Å². The number of allylic oxidation sites excluding steroid dienone is 2. The van der Waals surface area contributed by atoms with Gasteiger partial charge in [-0.1, -0.05) is 0 Å². The Kier molecular flexibility index (Phi) is 2.53. The summed E-state index contributed by atoms with van der Waals surface area (Å²) in [4.78, 5) is 19.0. The van der Waals surface area contributed by atoms with Gasteiger partial charge >= 0.3 is 5.97 Å². The lowest BCUT2D eigenvalue weighted by Gasteiger charge is -2.02. The van der Waals surface area contributed by atoms with E-state index in [9.17, 15) is 4.79 Å². The number of aromatic nitrogens is 2. The van der Waals surface area contributed by atoms with Crippen molar-refractivity contribution in [3.05, 3.63) is 36.1 Å². The molecule has 4 heteroatoms. The normalized spacial score (nSPS) is 15.0. The Labute approximate surface area is 81.6 Å². The SMILES string of the molecule is O=C(OC1=CCCC1)c1ccncn1. The minimum Gasteiger partial charge on any atom is -0.427 e. The van der Waals surface area contributed by atoms with Crippen LogP contribution in [0.4, 0.5) is 0 Å². The minimum atomic E-state index is -0.402. The Morgan fingerprint density at radius 2 is 2.43 bits per heavy atom. The maximum atomic E-state index is 11.4. The number of carbonyl (C=O) groups excluding carboxylic acids is 1. The molecule has 0 N–H and O–H groups in total. The summed E-state index contributed by atoms with van der Waals surface area (Å²) in [6.07, 6.45) is 7.70. The summed E-state index contributed by atoms with van der Waals surface area (Å²) in [7, 11) is 0. The monoisotopic (exact) mass is 190 g/mol. The summed E-state index contributed by atoms with van der Waals surface area (Å²) < 4.78 is 5.13. The van der Waals surface area contributed by atoms with E-state index in [0.29, 0.717) is 5.69 Å². The van der Waals surface area contributed by atoms with Crippen LogP contribution in [0.25, 0.3) is 0 Å². The molecule has 0 bridgehead atoms. The second kappa shape index (κ2) is 4.00. The summed E-state index contributed by atoms with van der Waals surface area (Å²) >= 11 is 0. The first-order chi connectivity index (χ1) is 6.86. The number of rotatable bonds is 2. The largest absolute Gasteiger partial charge is 0.427 e. The molecular formula is C10H10N2O2. The number of ether oxygens (including phenoxy) is 1. The van der Waals surface area contributed by atoms with Crippen LogP contribution in [0.15, 0.2) is 30.4 Å². The molecule has 0 spiro atoms. The molecule has 0 atom stereocenters. The Hall–Kier alpha value is -1.71. The average Bonchev–Trinajstić information content (AvgIpc) is 2.72. The van der Waals surface area contributed by atoms with Crippen LogP contribution < -0.4 is 0 Å². The van der Waals surface area contributed by atoms with E-state index in [0.717, 1.165) is 25.0 Å². The summed E-state index contributed by atoms with van der Waals surface area (Å²) in [5, 5.41) is 0. The minimum absolute atomic E-state index is 0.299. The quantitative estimate of drug-likeness (QED) is 0.666. The first kappa shape index (κ1) is 8.87. The van der Waals surface area contributed by atoms with Gasteiger partial charge in [-0.3, -0.25) is 0 Å². The van der Waals surface area contributed by atoms with E-state index < -0.39 is 5.97 Å². The van der Waals surface area contributed by atoms with Crippen LogP contribution in [0, 0.1) is 0 Å². The molecule has 1 aromatic rings. The summed E-state index contributed by atoms with van der Waals surface area (Å²) in [5.41, 5.74) is 0.299. The van der Waals surface area contributed by atoms with Crippen LogP contribution in [0.5, 0.6) is 0 Å². The third-order valence-corrected chi connectivity index (χ3v) is 2.01. The highest BCUT2D eigenvalue weighted by atomic mass is 16.5. The van der Waals surface area contributed by atoms with Gasteiger partial charge in [0.15, 0.2) is 5.69 Å². The van der Waals surface area contributed by atoms with Crippen molar-refractivity contribution in [1.82, 2.24) is 9.97 Å². The van der Waals surface area contributed by atoms with Crippen molar-refractivity contribution >= 4 is 5.97 Å². The molecule has 2 rings (SSSR count). The standard InChI is InChI=1S/C10H10N2O2/c13-10(9-5-6-11-7-12-9)14-8-3-1-2-4-8/h3,5-7H,1-2,4H2. The zero-order chi connectivity index (χ0) is 9.80. The molecule has 0 unspecified atom stereocenters. The van der Waals surface area contributed by atoms with Gasteiger partial charge in [-0.2, -0.15) is 0 Å². The van der Waals surface area contributed by atoms with Gasteiger partial charge in [0.1, 0.15) is 12.1 Å². The molecule has 0 aromatic carbocycles. The van der Waals surface area contributed by atoms with E-state index >= 15 is 0 Å². The maximum absolute atomic E-state index is 11.4. The number of hydrogen-bond acceptors (Lipinski definition) is 4. The molecule has 0 fully saturated rings. The van der Waals surface area contributed by atoms with Gasteiger partial charge in [-0.05, 0) is 25.0 Å². The zero-order valence-electron chi connectivity index (χ0n) is 7.64. The van der Waals surface area contributed by atoms with E-state index in [2.05, 4.69) is 9.97 Å². The molecule has 14 heavy (non-hydrogen) atoms. The Morgan fingerprint density at radius 3 is 3.07 bits per heavy atom. The number of hydrogen-bond donors (Lipinski definition) is 0. The zero-order valence-corrected chi connectivity index (χ0v) is 7.64. The first-order valence-electron chi connectivity index (χ1n) is 4.53. The fourth-order valence-corrected chi connectivity index (χ4v) is 1.32. The third kappa shape index (κ3) is 1.96. The summed E-state index contributed by atoms with van der Waals surface area (Å²) in [5.74, 6) is 0.356. The number of carbonyl (C=O) groups is 1. The van der Waals surface area contributed by atoms with Crippen LogP contribution >= 0.6 is 0 Å². The third-order valence-electron chi connectivity index (χ3n) is 2.01. The molecule has 0 saturated heterocycles. The Balaban J connectivity index is 2.03. The molecular weight excluding hydrogens is 180 g/mol. The van der Waals surface area contributed by atoms with Gasteiger partial charge in [-0.25, -0.2) is 14.8 Å². The first-order valence-corrected chi connectivity index (χ1v) is 4.53.